The fourth-order valence-electron chi connectivity index (χ4n) is 3.57. The molecule has 0 aliphatic carbocycles. The van der Waals surface area contributed by atoms with Crippen molar-refractivity contribution in [1.29, 1.82) is 0 Å². The predicted octanol–water partition coefficient (Wildman–Crippen LogP) is 2.50. The van der Waals surface area contributed by atoms with Crippen LogP contribution < -0.4 is 4.90 Å². The van der Waals surface area contributed by atoms with Gasteiger partial charge in [0, 0.05) is 44.2 Å². The van der Waals surface area contributed by atoms with Crippen molar-refractivity contribution in [3.05, 3.63) is 27.7 Å². The lowest BCUT2D eigenvalue weighted by atomic mass is 10.1. The van der Waals surface area contributed by atoms with E-state index in [1.165, 1.54) is 7.11 Å². The number of esters is 1. The van der Waals surface area contributed by atoms with Gasteiger partial charge in [0.1, 0.15) is 6.04 Å². The molecule has 0 saturated carbocycles. The molecule has 1 aliphatic rings. The van der Waals surface area contributed by atoms with E-state index in [-0.39, 0.29) is 18.0 Å². The highest BCUT2D eigenvalue weighted by Crippen LogP contribution is 2.41. The average Bonchev–Trinajstić information content (AvgIpc) is 3.07. The van der Waals surface area contributed by atoms with Crippen molar-refractivity contribution in [3.8, 4) is 0 Å². The average molecular weight is 457 g/mol. The lowest BCUT2D eigenvalue weighted by Crippen LogP contribution is -2.51. The molecular weight excluding hydrogens is 428 g/mol. The molecule has 0 N–H and O–H groups in total. The summed E-state index contributed by atoms with van der Waals surface area (Å²) in [6.45, 7) is 6.06. The molecule has 0 bridgehead atoms. The van der Waals surface area contributed by atoms with Crippen molar-refractivity contribution in [2.75, 3.05) is 52.5 Å². The normalized spacial score (nSPS) is 15.7. The van der Waals surface area contributed by atoms with E-state index in [4.69, 9.17) is 14.2 Å². The second-order valence-electron chi connectivity index (χ2n) is 6.99. The van der Waals surface area contributed by atoms with Gasteiger partial charge in [-0.2, -0.15) is 0 Å². The Balaban J connectivity index is 2.37. The summed E-state index contributed by atoms with van der Waals surface area (Å²) < 4.78 is 16.0. The molecule has 0 saturated heterocycles. The minimum Gasteiger partial charge on any atom is -0.465 e. The van der Waals surface area contributed by atoms with E-state index >= 15 is 0 Å². The number of nitrogens with zero attached hydrogens (tertiary/aromatic N) is 2. The van der Waals surface area contributed by atoms with Gasteiger partial charge >= 0.3 is 5.97 Å². The Hall–Kier alpha value is -1.64. The van der Waals surface area contributed by atoms with Gasteiger partial charge in [0.15, 0.2) is 0 Å². The maximum absolute atomic E-state index is 13.4. The van der Waals surface area contributed by atoms with Gasteiger partial charge in [-0.05, 0) is 47.5 Å². The van der Waals surface area contributed by atoms with Gasteiger partial charge in [0.05, 0.1) is 31.6 Å². The van der Waals surface area contributed by atoms with E-state index in [2.05, 4.69) is 34.7 Å². The van der Waals surface area contributed by atoms with Crippen LogP contribution in [0.5, 0.6) is 0 Å². The van der Waals surface area contributed by atoms with Crippen LogP contribution in [0.1, 0.15) is 29.8 Å². The smallest absolute Gasteiger partial charge is 0.337 e. The number of methoxy groups -OCH3 is 3. The van der Waals surface area contributed by atoms with Gasteiger partial charge < -0.3 is 24.0 Å². The first-order valence-electron chi connectivity index (χ1n) is 9.31. The predicted molar refractivity (Wildman–Crippen MR) is 111 cm³/mol. The molecule has 156 valence electrons. The van der Waals surface area contributed by atoms with Crippen LogP contribution >= 0.6 is 15.9 Å². The molecule has 0 fully saturated rings. The molecule has 1 aromatic rings. The molecule has 8 heteroatoms. The second-order valence-corrected chi connectivity index (χ2v) is 7.84. The molecule has 0 radical (unpaired) electrons. The molecule has 2 rings (SSSR count). The molecule has 1 unspecified atom stereocenters. The van der Waals surface area contributed by atoms with Gasteiger partial charge in [-0.3, -0.25) is 4.79 Å². The molecule has 1 aliphatic heterocycles. The van der Waals surface area contributed by atoms with Crippen LogP contribution in [-0.4, -0.2) is 76.5 Å². The minimum absolute atomic E-state index is 0.0329. The Morgan fingerprint density at radius 3 is 2.29 bits per heavy atom. The van der Waals surface area contributed by atoms with Gasteiger partial charge in [0.2, 0.25) is 5.91 Å². The first kappa shape index (κ1) is 22.6. The van der Waals surface area contributed by atoms with Crippen LogP contribution in [0.4, 0.5) is 5.69 Å². The number of fused-ring (bicyclic) bond motifs is 1. The van der Waals surface area contributed by atoms with Crippen LogP contribution in [0.2, 0.25) is 0 Å². The third-order valence-electron chi connectivity index (χ3n) is 4.85. The molecule has 0 aromatic heterocycles. The number of halogens is 1. The molecule has 1 aromatic carbocycles. The standard InChI is InChI=1S/C20H29BrN2O5/c1-13(2)23-17(19(24)22(6-8-26-3)7-9-27-4)12-14-10-15(20(25)28-5)11-16(21)18(14)23/h10-11,13,17H,6-9,12H2,1-5H3. The molecular formula is C20H29BrN2O5. The highest BCUT2D eigenvalue weighted by Gasteiger charge is 2.39. The lowest BCUT2D eigenvalue weighted by Gasteiger charge is -2.34. The topological polar surface area (TPSA) is 68.3 Å². The maximum atomic E-state index is 13.4. The highest BCUT2D eigenvalue weighted by atomic mass is 79.9. The summed E-state index contributed by atoms with van der Waals surface area (Å²) in [6, 6.07) is 3.35. The summed E-state index contributed by atoms with van der Waals surface area (Å²) in [5.41, 5.74) is 2.39. The van der Waals surface area contributed by atoms with Gasteiger partial charge in [0.25, 0.3) is 0 Å². The Morgan fingerprint density at radius 2 is 1.79 bits per heavy atom. The number of amides is 1. The Morgan fingerprint density at radius 1 is 1.18 bits per heavy atom. The SMILES string of the molecule is COCCN(CCOC)C(=O)C1Cc2cc(C(=O)OC)cc(Br)c2N1C(C)C. The third-order valence-corrected chi connectivity index (χ3v) is 5.46. The summed E-state index contributed by atoms with van der Waals surface area (Å²) in [5, 5.41) is 0. The zero-order chi connectivity index (χ0) is 20.8. The van der Waals surface area contributed by atoms with Gasteiger partial charge in [-0.1, -0.05) is 0 Å². The zero-order valence-electron chi connectivity index (χ0n) is 17.2. The van der Waals surface area contributed by atoms with Crippen molar-refractivity contribution in [2.45, 2.75) is 32.4 Å². The molecule has 28 heavy (non-hydrogen) atoms. The number of ether oxygens (including phenoxy) is 3. The summed E-state index contributed by atoms with van der Waals surface area (Å²) in [7, 11) is 4.60. The number of carbonyl (C=O) groups is 2. The lowest BCUT2D eigenvalue weighted by molar-refractivity contribution is -0.133. The monoisotopic (exact) mass is 456 g/mol. The van der Waals surface area contributed by atoms with Crippen LogP contribution in [0, 0.1) is 0 Å². The molecule has 7 nitrogen and oxygen atoms in total. The van der Waals surface area contributed by atoms with E-state index in [9.17, 15) is 9.59 Å². The van der Waals surface area contributed by atoms with Gasteiger partial charge in [-0.25, -0.2) is 4.79 Å². The van der Waals surface area contributed by atoms with Crippen LogP contribution in [-0.2, 0) is 25.4 Å². The number of anilines is 1. The number of benzene rings is 1. The van der Waals surface area contributed by atoms with E-state index in [0.717, 1.165) is 15.7 Å². The van der Waals surface area contributed by atoms with E-state index in [1.807, 2.05) is 6.07 Å². The van der Waals surface area contributed by atoms with Crippen molar-refractivity contribution in [3.63, 3.8) is 0 Å². The first-order valence-corrected chi connectivity index (χ1v) is 10.1. The fraction of sp³-hybridized carbons (Fsp3) is 0.600. The first-order chi connectivity index (χ1) is 13.3. The molecule has 1 amide bonds. The Bertz CT molecular complexity index is 702. The third kappa shape index (κ3) is 4.85. The van der Waals surface area contributed by atoms with Crippen LogP contribution in [0.3, 0.4) is 0 Å². The Labute approximate surface area is 175 Å². The fourth-order valence-corrected chi connectivity index (χ4v) is 4.28. The maximum Gasteiger partial charge on any atom is 0.337 e. The number of hydrogen-bond donors (Lipinski definition) is 0. The van der Waals surface area contributed by atoms with Crippen molar-refractivity contribution in [1.82, 2.24) is 4.90 Å². The summed E-state index contributed by atoms with van der Waals surface area (Å²) >= 11 is 3.59. The van der Waals surface area contributed by atoms with E-state index in [0.29, 0.717) is 38.3 Å². The summed E-state index contributed by atoms with van der Waals surface area (Å²) in [5.74, 6) is -0.360. The Kier molecular flexibility index (Phi) is 8.27. The minimum atomic E-state index is -0.392. The molecule has 1 atom stereocenters. The highest BCUT2D eigenvalue weighted by molar-refractivity contribution is 9.10. The number of carbonyl (C=O) groups excluding carboxylic acids is 2. The van der Waals surface area contributed by atoms with Crippen molar-refractivity contribution < 1.29 is 23.8 Å². The van der Waals surface area contributed by atoms with E-state index in [1.54, 1.807) is 25.2 Å². The van der Waals surface area contributed by atoms with Crippen LogP contribution in [0.15, 0.2) is 16.6 Å². The van der Waals surface area contributed by atoms with Crippen LogP contribution in [0.25, 0.3) is 0 Å². The van der Waals surface area contributed by atoms with E-state index < -0.39 is 5.97 Å². The largest absolute Gasteiger partial charge is 0.465 e. The quantitative estimate of drug-likeness (QED) is 0.531. The summed E-state index contributed by atoms with van der Waals surface area (Å²) in [6.07, 6.45) is 0.534. The van der Waals surface area contributed by atoms with Crippen molar-refractivity contribution in [2.24, 2.45) is 0 Å². The summed E-state index contributed by atoms with van der Waals surface area (Å²) in [4.78, 5) is 29.3. The second kappa shape index (κ2) is 10.2. The molecule has 0 spiro atoms. The van der Waals surface area contributed by atoms with Crippen molar-refractivity contribution >= 4 is 33.5 Å². The number of rotatable bonds is 9. The zero-order valence-corrected chi connectivity index (χ0v) is 18.7. The van der Waals surface area contributed by atoms with Gasteiger partial charge in [-0.15, -0.1) is 0 Å². The number of hydrogen-bond acceptors (Lipinski definition) is 6. The molecule has 1 heterocycles.